The minimum absolute atomic E-state index is 0.0195. The Morgan fingerprint density at radius 2 is 1.86 bits per heavy atom. The van der Waals surface area contributed by atoms with Gasteiger partial charge in [0.25, 0.3) is 5.91 Å². The number of furan rings is 2. The Balaban J connectivity index is 1.36. The average Bonchev–Trinajstić information content (AvgIpc) is 3.69. The number of carbonyl (C=O) groups is 1. The van der Waals surface area contributed by atoms with Crippen molar-refractivity contribution in [2.75, 3.05) is 38.2 Å². The number of hydrogen-bond donors (Lipinski definition) is 0. The molecule has 9 nitrogen and oxygen atoms in total. The molecule has 0 unspecified atom stereocenters. The Bertz CT molecular complexity index is 1470. The van der Waals surface area contributed by atoms with Gasteiger partial charge in [-0.3, -0.25) is 4.79 Å². The normalized spacial score (nSPS) is 14.0. The first-order valence-electron chi connectivity index (χ1n) is 11.3. The third-order valence-electron chi connectivity index (χ3n) is 6.21. The molecule has 0 atom stereocenters. The lowest BCUT2D eigenvalue weighted by molar-refractivity contribution is 0.0745. The molecule has 0 aliphatic carbocycles. The van der Waals surface area contributed by atoms with Gasteiger partial charge in [-0.1, -0.05) is 12.1 Å². The molecule has 6 rings (SSSR count). The first-order chi connectivity index (χ1) is 17.2. The molecule has 1 aliphatic rings. The molecule has 0 radical (unpaired) electrons. The van der Waals surface area contributed by atoms with E-state index in [9.17, 15) is 4.79 Å². The van der Waals surface area contributed by atoms with E-state index in [1.54, 1.807) is 19.4 Å². The van der Waals surface area contributed by atoms with Crippen LogP contribution in [0.5, 0.6) is 5.75 Å². The lowest BCUT2D eigenvalue weighted by atomic mass is 10.1. The molecular formula is C26H23N5O4. The number of nitrogens with zero attached hydrogens (tertiary/aromatic N) is 5. The molecule has 1 aromatic carbocycles. The molecule has 9 heteroatoms. The molecule has 35 heavy (non-hydrogen) atoms. The monoisotopic (exact) mass is 469 g/mol. The van der Waals surface area contributed by atoms with Crippen LogP contribution in [0.15, 0.2) is 82.2 Å². The van der Waals surface area contributed by atoms with E-state index < -0.39 is 0 Å². The zero-order valence-electron chi connectivity index (χ0n) is 19.1. The molecular weight excluding hydrogens is 446 g/mol. The number of fused-ring (bicyclic) bond motifs is 1. The molecule has 5 aromatic rings. The molecule has 0 saturated carbocycles. The summed E-state index contributed by atoms with van der Waals surface area (Å²) in [5.41, 5.74) is 3.74. The summed E-state index contributed by atoms with van der Waals surface area (Å²) in [5, 5.41) is 4.88. The smallest absolute Gasteiger partial charge is 0.257 e. The van der Waals surface area contributed by atoms with Crippen LogP contribution in [0, 0.1) is 0 Å². The van der Waals surface area contributed by atoms with Crippen molar-refractivity contribution in [1.82, 2.24) is 19.5 Å². The summed E-state index contributed by atoms with van der Waals surface area (Å²) in [6, 6.07) is 17.2. The zero-order chi connectivity index (χ0) is 23.8. The van der Waals surface area contributed by atoms with E-state index in [0.29, 0.717) is 43.1 Å². The van der Waals surface area contributed by atoms with E-state index in [2.05, 4.69) is 4.90 Å². The number of rotatable bonds is 5. The molecule has 0 bridgehead atoms. The first-order valence-corrected chi connectivity index (χ1v) is 11.3. The fraction of sp³-hybridized carbons (Fsp3) is 0.192. The minimum atomic E-state index is -0.0195. The topological polar surface area (TPSA) is 89.3 Å². The largest absolute Gasteiger partial charge is 0.497 e. The maximum absolute atomic E-state index is 12.7. The fourth-order valence-corrected chi connectivity index (χ4v) is 4.37. The Morgan fingerprint density at radius 1 is 0.971 bits per heavy atom. The van der Waals surface area contributed by atoms with Gasteiger partial charge in [-0.2, -0.15) is 9.61 Å². The van der Waals surface area contributed by atoms with Crippen LogP contribution in [0.2, 0.25) is 0 Å². The Kier molecular flexibility index (Phi) is 5.21. The number of hydrogen-bond acceptors (Lipinski definition) is 7. The summed E-state index contributed by atoms with van der Waals surface area (Å²) in [7, 11) is 1.65. The van der Waals surface area contributed by atoms with Crippen molar-refractivity contribution < 1.29 is 18.4 Å². The standard InChI is InChI=1S/C26H23N5O4/c1-33-20-5-2-4-18(14-20)21-15-24-27-22(23-6-3-12-35-23)16-25(31(24)28-21)29-8-10-30(11-9-29)26(32)19-7-13-34-17-19/h2-7,12-17H,8-11H2,1H3. The summed E-state index contributed by atoms with van der Waals surface area (Å²) in [6.07, 6.45) is 4.64. The predicted octanol–water partition coefficient (Wildman–Crippen LogP) is 4.22. The summed E-state index contributed by atoms with van der Waals surface area (Å²) in [6.45, 7) is 2.51. The highest BCUT2D eigenvalue weighted by molar-refractivity contribution is 5.94. The van der Waals surface area contributed by atoms with Gasteiger partial charge in [-0.25, -0.2) is 4.98 Å². The number of aromatic nitrogens is 3. The van der Waals surface area contributed by atoms with Gasteiger partial charge in [0.15, 0.2) is 11.4 Å². The molecule has 176 valence electrons. The molecule has 0 N–H and O–H groups in total. The second kappa shape index (κ2) is 8.68. The Hall–Kier alpha value is -4.53. The van der Waals surface area contributed by atoms with Crippen molar-refractivity contribution >= 4 is 17.4 Å². The van der Waals surface area contributed by atoms with E-state index in [0.717, 1.165) is 28.5 Å². The SMILES string of the molecule is COc1cccc(-c2cc3nc(-c4ccco4)cc(N4CCN(C(=O)c5ccoc5)CC4)n3n2)c1. The second-order valence-electron chi connectivity index (χ2n) is 8.30. The number of anilines is 1. The van der Waals surface area contributed by atoms with Crippen molar-refractivity contribution in [3.05, 3.63) is 79.0 Å². The molecule has 1 fully saturated rings. The third kappa shape index (κ3) is 3.90. The number of benzene rings is 1. The van der Waals surface area contributed by atoms with Gasteiger partial charge < -0.3 is 23.4 Å². The lowest BCUT2D eigenvalue weighted by Crippen LogP contribution is -2.49. The summed E-state index contributed by atoms with van der Waals surface area (Å²) >= 11 is 0. The van der Waals surface area contributed by atoms with Crippen molar-refractivity contribution in [3.63, 3.8) is 0 Å². The van der Waals surface area contributed by atoms with Crippen LogP contribution in [0.4, 0.5) is 5.82 Å². The Morgan fingerprint density at radius 3 is 2.60 bits per heavy atom. The quantitative estimate of drug-likeness (QED) is 0.381. The maximum atomic E-state index is 12.7. The molecule has 1 amide bonds. The van der Waals surface area contributed by atoms with Gasteiger partial charge in [-0.05, 0) is 30.3 Å². The van der Waals surface area contributed by atoms with Crippen LogP contribution >= 0.6 is 0 Å². The van der Waals surface area contributed by atoms with E-state index in [4.69, 9.17) is 23.7 Å². The van der Waals surface area contributed by atoms with Gasteiger partial charge in [0.05, 0.1) is 30.9 Å². The van der Waals surface area contributed by atoms with Crippen molar-refractivity contribution in [1.29, 1.82) is 0 Å². The van der Waals surface area contributed by atoms with Crippen LogP contribution in [0.1, 0.15) is 10.4 Å². The van der Waals surface area contributed by atoms with Gasteiger partial charge in [0.2, 0.25) is 0 Å². The average molecular weight is 470 g/mol. The first kappa shape index (κ1) is 21.0. The van der Waals surface area contributed by atoms with Crippen molar-refractivity contribution in [3.8, 4) is 28.5 Å². The molecule has 1 aliphatic heterocycles. The molecule has 0 spiro atoms. The van der Waals surface area contributed by atoms with Gasteiger partial charge in [0.1, 0.15) is 23.5 Å². The molecule has 4 aromatic heterocycles. The molecule has 1 saturated heterocycles. The highest BCUT2D eigenvalue weighted by Gasteiger charge is 2.25. The number of amides is 1. The van der Waals surface area contributed by atoms with Crippen LogP contribution in [-0.2, 0) is 0 Å². The van der Waals surface area contributed by atoms with E-state index in [1.807, 2.05) is 57.9 Å². The predicted molar refractivity (Wildman–Crippen MR) is 130 cm³/mol. The lowest BCUT2D eigenvalue weighted by Gasteiger charge is -2.35. The number of methoxy groups -OCH3 is 1. The van der Waals surface area contributed by atoms with Crippen LogP contribution in [0.25, 0.3) is 28.4 Å². The third-order valence-corrected chi connectivity index (χ3v) is 6.21. The van der Waals surface area contributed by atoms with E-state index in [-0.39, 0.29) is 5.91 Å². The minimum Gasteiger partial charge on any atom is -0.497 e. The maximum Gasteiger partial charge on any atom is 0.257 e. The van der Waals surface area contributed by atoms with Crippen molar-refractivity contribution in [2.24, 2.45) is 0 Å². The Labute approximate surface area is 201 Å². The summed E-state index contributed by atoms with van der Waals surface area (Å²) < 4.78 is 17.9. The fourth-order valence-electron chi connectivity index (χ4n) is 4.37. The summed E-state index contributed by atoms with van der Waals surface area (Å²) in [5.74, 6) is 2.33. The molecule has 5 heterocycles. The van der Waals surface area contributed by atoms with E-state index in [1.165, 1.54) is 12.5 Å². The number of carbonyl (C=O) groups excluding carboxylic acids is 1. The van der Waals surface area contributed by atoms with Gasteiger partial charge in [0, 0.05) is 43.9 Å². The van der Waals surface area contributed by atoms with Gasteiger partial charge >= 0.3 is 0 Å². The van der Waals surface area contributed by atoms with Crippen LogP contribution < -0.4 is 9.64 Å². The highest BCUT2D eigenvalue weighted by Crippen LogP contribution is 2.29. The van der Waals surface area contributed by atoms with Crippen LogP contribution in [-0.4, -0.2) is 58.7 Å². The number of ether oxygens (including phenoxy) is 1. The van der Waals surface area contributed by atoms with E-state index >= 15 is 0 Å². The zero-order valence-corrected chi connectivity index (χ0v) is 19.1. The number of piperazine rings is 1. The van der Waals surface area contributed by atoms with Gasteiger partial charge in [-0.15, -0.1) is 0 Å². The highest BCUT2D eigenvalue weighted by atomic mass is 16.5. The second-order valence-corrected chi connectivity index (χ2v) is 8.30. The summed E-state index contributed by atoms with van der Waals surface area (Å²) in [4.78, 5) is 21.6. The van der Waals surface area contributed by atoms with Crippen molar-refractivity contribution in [2.45, 2.75) is 0 Å². The van der Waals surface area contributed by atoms with Crippen LogP contribution in [0.3, 0.4) is 0 Å².